The Bertz CT molecular complexity index is 809. The van der Waals surface area contributed by atoms with Gasteiger partial charge in [-0.2, -0.15) is 5.10 Å². The number of aromatic nitrogens is 2. The van der Waals surface area contributed by atoms with E-state index in [1.807, 2.05) is 24.2 Å². The highest BCUT2D eigenvalue weighted by atomic mass is 127. The molecular weight excluding hydrogens is 462 g/mol. The van der Waals surface area contributed by atoms with Gasteiger partial charge < -0.3 is 15.1 Å². The van der Waals surface area contributed by atoms with Crippen molar-refractivity contribution in [3.63, 3.8) is 0 Å². The van der Waals surface area contributed by atoms with Gasteiger partial charge in [0.1, 0.15) is 12.4 Å². The van der Waals surface area contributed by atoms with Gasteiger partial charge in [-0.05, 0) is 18.1 Å². The second-order valence-electron chi connectivity index (χ2n) is 6.15. The molecule has 0 aliphatic carbocycles. The summed E-state index contributed by atoms with van der Waals surface area (Å²) in [7, 11) is 3.51. The number of carbonyl (C=O) groups excluding carboxylic acids is 1. The molecule has 0 unspecified atom stereocenters. The van der Waals surface area contributed by atoms with E-state index in [-0.39, 0.29) is 42.2 Å². The third kappa shape index (κ3) is 5.18. The number of hydrogen-bond donors (Lipinski definition) is 1. The largest absolute Gasteiger partial charge is 0.356 e. The lowest BCUT2D eigenvalue weighted by Crippen LogP contribution is -2.55. The summed E-state index contributed by atoms with van der Waals surface area (Å²) in [6.45, 7) is 2.03. The zero-order chi connectivity index (χ0) is 18.5. The molecule has 0 saturated carbocycles. The smallest absolute Gasteiger partial charge is 0.246 e. The molecule has 1 amide bonds. The highest BCUT2D eigenvalue weighted by molar-refractivity contribution is 14.0. The van der Waals surface area contributed by atoms with Crippen molar-refractivity contribution in [2.75, 3.05) is 38.1 Å². The standard InChI is InChI=1S/C18H23FN6O.HI/c1-20-18(21-8-7-14-5-3-4-6-16(14)19)24-9-10-25(17(26)13-24)15-11-22-23(2)12-15;/h3-6,11-12H,7-10,13H2,1-2H3,(H,20,21);1H. The average Bonchev–Trinajstić information content (AvgIpc) is 3.06. The van der Waals surface area contributed by atoms with Crippen LogP contribution in [0.15, 0.2) is 41.7 Å². The van der Waals surface area contributed by atoms with Crippen LogP contribution in [0.3, 0.4) is 0 Å². The van der Waals surface area contributed by atoms with Crippen LogP contribution < -0.4 is 10.2 Å². The fourth-order valence-corrected chi connectivity index (χ4v) is 3.02. The number of piperazine rings is 1. The zero-order valence-corrected chi connectivity index (χ0v) is 17.8. The molecular formula is C18H24FIN6O. The Morgan fingerprint density at radius 3 is 2.74 bits per heavy atom. The molecule has 1 aliphatic heterocycles. The predicted molar refractivity (Wildman–Crippen MR) is 114 cm³/mol. The number of guanidine groups is 1. The first kappa shape index (κ1) is 21.1. The number of anilines is 1. The van der Waals surface area contributed by atoms with Gasteiger partial charge in [0, 0.05) is 39.9 Å². The highest BCUT2D eigenvalue weighted by Crippen LogP contribution is 2.16. The van der Waals surface area contributed by atoms with Crippen LogP contribution in [-0.4, -0.2) is 59.8 Å². The Morgan fingerprint density at radius 2 is 2.11 bits per heavy atom. The Hall–Kier alpha value is -2.17. The van der Waals surface area contributed by atoms with Gasteiger partial charge >= 0.3 is 0 Å². The fourth-order valence-electron chi connectivity index (χ4n) is 3.02. The van der Waals surface area contributed by atoms with Gasteiger partial charge in [-0.1, -0.05) is 18.2 Å². The van der Waals surface area contributed by atoms with Gasteiger partial charge in [0.2, 0.25) is 5.91 Å². The van der Waals surface area contributed by atoms with Crippen molar-refractivity contribution in [2.24, 2.45) is 12.0 Å². The maximum absolute atomic E-state index is 13.7. The quantitative estimate of drug-likeness (QED) is 0.406. The van der Waals surface area contributed by atoms with Gasteiger partial charge in [0.15, 0.2) is 5.96 Å². The van der Waals surface area contributed by atoms with Crippen LogP contribution in [0.25, 0.3) is 0 Å². The minimum atomic E-state index is -0.204. The molecule has 9 heteroatoms. The molecule has 0 atom stereocenters. The highest BCUT2D eigenvalue weighted by Gasteiger charge is 2.27. The second-order valence-corrected chi connectivity index (χ2v) is 6.15. The lowest BCUT2D eigenvalue weighted by Gasteiger charge is -2.35. The molecule has 1 aromatic carbocycles. The molecule has 2 heterocycles. The number of benzene rings is 1. The van der Waals surface area contributed by atoms with E-state index >= 15 is 0 Å². The summed E-state index contributed by atoms with van der Waals surface area (Å²) in [4.78, 5) is 20.4. The van der Waals surface area contributed by atoms with Gasteiger partial charge in [-0.15, -0.1) is 24.0 Å². The number of amides is 1. The van der Waals surface area contributed by atoms with Crippen molar-refractivity contribution in [3.8, 4) is 0 Å². The van der Waals surface area contributed by atoms with Crippen molar-refractivity contribution >= 4 is 41.5 Å². The average molecular weight is 486 g/mol. The molecule has 2 aromatic rings. The molecule has 3 rings (SSSR count). The fraction of sp³-hybridized carbons (Fsp3) is 0.389. The van der Waals surface area contributed by atoms with Crippen molar-refractivity contribution in [1.82, 2.24) is 20.0 Å². The maximum Gasteiger partial charge on any atom is 0.246 e. The molecule has 1 aromatic heterocycles. The molecule has 0 radical (unpaired) electrons. The van der Waals surface area contributed by atoms with Crippen LogP contribution in [0.2, 0.25) is 0 Å². The normalized spacial score (nSPS) is 14.9. The number of aliphatic imine (C=N–C) groups is 1. The van der Waals surface area contributed by atoms with Gasteiger partial charge in [-0.25, -0.2) is 4.39 Å². The van der Waals surface area contributed by atoms with E-state index < -0.39 is 0 Å². The second kappa shape index (κ2) is 9.67. The summed E-state index contributed by atoms with van der Waals surface area (Å²) in [6.07, 6.45) is 4.07. The van der Waals surface area contributed by atoms with Crippen LogP contribution >= 0.6 is 24.0 Å². The molecule has 7 nitrogen and oxygen atoms in total. The first-order chi connectivity index (χ1) is 12.6. The van der Waals surface area contributed by atoms with Crippen LogP contribution in [-0.2, 0) is 18.3 Å². The number of nitrogens with one attached hydrogen (secondary N) is 1. The first-order valence-corrected chi connectivity index (χ1v) is 8.56. The summed E-state index contributed by atoms with van der Waals surface area (Å²) in [5.41, 5.74) is 1.47. The predicted octanol–water partition coefficient (Wildman–Crippen LogP) is 1.64. The zero-order valence-electron chi connectivity index (χ0n) is 15.4. The Labute approximate surface area is 175 Å². The van der Waals surface area contributed by atoms with Gasteiger partial charge in [0.25, 0.3) is 0 Å². The molecule has 0 spiro atoms. The van der Waals surface area contributed by atoms with E-state index in [0.717, 1.165) is 5.69 Å². The third-order valence-electron chi connectivity index (χ3n) is 4.37. The minimum absolute atomic E-state index is 0. The van der Waals surface area contributed by atoms with Crippen molar-refractivity contribution in [2.45, 2.75) is 6.42 Å². The summed E-state index contributed by atoms with van der Waals surface area (Å²) in [5.74, 6) is 0.450. The Balaban J connectivity index is 0.00000261. The molecule has 0 bridgehead atoms. The third-order valence-corrected chi connectivity index (χ3v) is 4.37. The van der Waals surface area contributed by atoms with E-state index in [1.165, 1.54) is 6.07 Å². The summed E-state index contributed by atoms with van der Waals surface area (Å²) >= 11 is 0. The van der Waals surface area contributed by atoms with Gasteiger partial charge in [0.05, 0.1) is 11.9 Å². The molecule has 1 N–H and O–H groups in total. The maximum atomic E-state index is 13.7. The first-order valence-electron chi connectivity index (χ1n) is 8.56. The van der Waals surface area contributed by atoms with E-state index in [1.54, 1.807) is 35.0 Å². The number of rotatable bonds is 4. The minimum Gasteiger partial charge on any atom is -0.356 e. The SMILES string of the molecule is CN=C(NCCc1ccccc1F)N1CCN(c2cnn(C)c2)C(=O)C1.I. The van der Waals surface area contributed by atoms with E-state index in [2.05, 4.69) is 15.4 Å². The summed E-state index contributed by atoms with van der Waals surface area (Å²) in [5, 5.41) is 7.33. The molecule has 1 fully saturated rings. The Morgan fingerprint density at radius 1 is 1.33 bits per heavy atom. The summed E-state index contributed by atoms with van der Waals surface area (Å²) in [6, 6.07) is 6.73. The Kier molecular flexibility index (Phi) is 7.57. The number of hydrogen-bond acceptors (Lipinski definition) is 3. The van der Waals surface area contributed by atoms with Crippen LogP contribution in [0.5, 0.6) is 0 Å². The molecule has 146 valence electrons. The summed E-state index contributed by atoms with van der Waals surface area (Å²) < 4.78 is 15.4. The van der Waals surface area contributed by atoms with Crippen LogP contribution in [0, 0.1) is 5.82 Å². The van der Waals surface area contributed by atoms with Crippen LogP contribution in [0.4, 0.5) is 10.1 Å². The van der Waals surface area contributed by atoms with E-state index in [0.29, 0.717) is 37.6 Å². The van der Waals surface area contributed by atoms with Crippen molar-refractivity contribution in [3.05, 3.63) is 48.0 Å². The molecule has 1 saturated heterocycles. The van der Waals surface area contributed by atoms with Crippen molar-refractivity contribution in [1.29, 1.82) is 0 Å². The lowest BCUT2D eigenvalue weighted by molar-refractivity contribution is -0.120. The monoisotopic (exact) mass is 486 g/mol. The number of carbonyl (C=O) groups is 1. The van der Waals surface area contributed by atoms with Crippen molar-refractivity contribution < 1.29 is 9.18 Å². The molecule has 1 aliphatic rings. The number of nitrogens with zero attached hydrogens (tertiary/aromatic N) is 5. The molecule has 27 heavy (non-hydrogen) atoms. The lowest BCUT2D eigenvalue weighted by atomic mass is 10.1. The van der Waals surface area contributed by atoms with E-state index in [9.17, 15) is 9.18 Å². The topological polar surface area (TPSA) is 65.8 Å². The number of aryl methyl sites for hydroxylation is 1. The van der Waals surface area contributed by atoms with Crippen LogP contribution in [0.1, 0.15) is 5.56 Å². The number of halogens is 2. The van der Waals surface area contributed by atoms with Gasteiger partial charge in [-0.3, -0.25) is 14.5 Å². The van der Waals surface area contributed by atoms with E-state index in [4.69, 9.17) is 0 Å².